The van der Waals surface area contributed by atoms with Gasteiger partial charge in [-0.2, -0.15) is 5.10 Å². The molecular weight excluding hydrogens is 238 g/mol. The van der Waals surface area contributed by atoms with E-state index < -0.39 is 0 Å². The summed E-state index contributed by atoms with van der Waals surface area (Å²) in [6, 6.07) is 4.46. The van der Waals surface area contributed by atoms with Crippen LogP contribution in [0.3, 0.4) is 0 Å². The van der Waals surface area contributed by atoms with Gasteiger partial charge in [0, 0.05) is 30.9 Å². The van der Waals surface area contributed by atoms with Crippen molar-refractivity contribution < 1.29 is 0 Å². The summed E-state index contributed by atoms with van der Waals surface area (Å²) in [6.07, 6.45) is 7.92. The molecule has 0 fully saturated rings. The smallest absolute Gasteiger partial charge is 0.138 e. The zero-order chi connectivity index (χ0) is 13.7. The van der Waals surface area contributed by atoms with Crippen LogP contribution in [-0.4, -0.2) is 25.8 Å². The molecule has 5 nitrogen and oxygen atoms in total. The number of hydrogen-bond donors (Lipinski definition) is 1. The molecule has 102 valence electrons. The van der Waals surface area contributed by atoms with Crippen LogP contribution in [0.1, 0.15) is 37.7 Å². The number of nitrogens with zero attached hydrogens (tertiary/aromatic N) is 4. The minimum absolute atomic E-state index is 0.0990. The predicted molar refractivity (Wildman–Crippen MR) is 74.6 cm³/mol. The maximum absolute atomic E-state index is 6.18. The lowest BCUT2D eigenvalue weighted by Gasteiger charge is -2.13. The molecule has 1 unspecified atom stereocenters. The van der Waals surface area contributed by atoms with Crippen LogP contribution < -0.4 is 5.73 Å². The molecule has 0 spiro atoms. The van der Waals surface area contributed by atoms with Crippen molar-refractivity contribution in [3.63, 3.8) is 0 Å². The molecule has 0 aliphatic heterocycles. The number of aromatic nitrogens is 4. The van der Waals surface area contributed by atoms with Gasteiger partial charge in [-0.1, -0.05) is 6.07 Å². The highest BCUT2D eigenvalue weighted by atomic mass is 15.3. The largest absolute Gasteiger partial charge is 0.327 e. The molecule has 0 aliphatic carbocycles. The van der Waals surface area contributed by atoms with Gasteiger partial charge in [-0.05, 0) is 38.3 Å². The molecule has 0 aliphatic rings. The van der Waals surface area contributed by atoms with Gasteiger partial charge in [0.25, 0.3) is 0 Å². The molecule has 0 aromatic carbocycles. The normalized spacial score (nSPS) is 12.8. The second-order valence-electron chi connectivity index (χ2n) is 5.08. The van der Waals surface area contributed by atoms with Crippen molar-refractivity contribution in [2.24, 2.45) is 5.73 Å². The fourth-order valence-corrected chi connectivity index (χ4v) is 2.09. The van der Waals surface area contributed by atoms with Crippen molar-refractivity contribution >= 4 is 0 Å². The Kier molecular flexibility index (Phi) is 4.63. The minimum atomic E-state index is 0.0990. The maximum atomic E-state index is 6.18. The van der Waals surface area contributed by atoms with Crippen molar-refractivity contribution in [2.45, 2.75) is 45.2 Å². The van der Waals surface area contributed by atoms with Gasteiger partial charge < -0.3 is 5.73 Å². The average Bonchev–Trinajstić information content (AvgIpc) is 2.86. The number of pyridine rings is 1. The summed E-state index contributed by atoms with van der Waals surface area (Å²) in [7, 11) is 0. The molecule has 1 atom stereocenters. The van der Waals surface area contributed by atoms with Crippen LogP contribution in [0.4, 0.5) is 0 Å². The van der Waals surface area contributed by atoms with Crippen LogP contribution in [0.2, 0.25) is 0 Å². The van der Waals surface area contributed by atoms with Crippen LogP contribution >= 0.6 is 0 Å². The Balaban J connectivity index is 1.87. The molecule has 19 heavy (non-hydrogen) atoms. The van der Waals surface area contributed by atoms with Crippen LogP contribution in [0.25, 0.3) is 0 Å². The van der Waals surface area contributed by atoms with Crippen LogP contribution in [0, 0.1) is 0 Å². The molecule has 0 saturated carbocycles. The van der Waals surface area contributed by atoms with Gasteiger partial charge in [0.2, 0.25) is 0 Å². The summed E-state index contributed by atoms with van der Waals surface area (Å²) in [4.78, 5) is 8.40. The van der Waals surface area contributed by atoms with E-state index >= 15 is 0 Å². The van der Waals surface area contributed by atoms with Crippen molar-refractivity contribution in [2.75, 3.05) is 0 Å². The third-order valence-corrected chi connectivity index (χ3v) is 3.11. The van der Waals surface area contributed by atoms with Gasteiger partial charge in [-0.25, -0.2) is 9.67 Å². The highest BCUT2D eigenvalue weighted by Crippen LogP contribution is 2.09. The minimum Gasteiger partial charge on any atom is -0.327 e. The summed E-state index contributed by atoms with van der Waals surface area (Å²) in [6.45, 7) is 4.19. The Morgan fingerprint density at radius 3 is 2.89 bits per heavy atom. The maximum Gasteiger partial charge on any atom is 0.138 e. The van der Waals surface area contributed by atoms with Crippen LogP contribution in [-0.2, 0) is 12.8 Å². The highest BCUT2D eigenvalue weighted by molar-refractivity contribution is 5.08. The number of rotatable bonds is 6. The van der Waals surface area contributed by atoms with Crippen molar-refractivity contribution in [1.82, 2.24) is 19.7 Å². The quantitative estimate of drug-likeness (QED) is 0.858. The van der Waals surface area contributed by atoms with E-state index in [-0.39, 0.29) is 6.04 Å². The first-order chi connectivity index (χ1) is 9.16. The Morgan fingerprint density at radius 1 is 1.37 bits per heavy atom. The Bertz CT molecular complexity index is 492. The molecule has 0 radical (unpaired) electrons. The van der Waals surface area contributed by atoms with Gasteiger partial charge in [-0.3, -0.25) is 4.98 Å². The zero-order valence-corrected chi connectivity index (χ0v) is 11.5. The third kappa shape index (κ3) is 3.86. The first-order valence-electron chi connectivity index (χ1n) is 6.69. The first kappa shape index (κ1) is 13.7. The Labute approximate surface area is 113 Å². The van der Waals surface area contributed by atoms with Crippen LogP contribution in [0.5, 0.6) is 0 Å². The number of hydrogen-bond acceptors (Lipinski definition) is 4. The second-order valence-corrected chi connectivity index (χ2v) is 5.08. The summed E-state index contributed by atoms with van der Waals surface area (Å²) in [5.74, 6) is 0.966. The highest BCUT2D eigenvalue weighted by Gasteiger charge is 2.12. The van der Waals surface area contributed by atoms with E-state index in [0.717, 1.165) is 25.1 Å². The van der Waals surface area contributed by atoms with Crippen molar-refractivity contribution in [1.29, 1.82) is 0 Å². The van der Waals surface area contributed by atoms with Gasteiger partial charge >= 0.3 is 0 Å². The molecule has 0 amide bonds. The molecular formula is C14H21N5. The lowest BCUT2D eigenvalue weighted by Crippen LogP contribution is -2.26. The molecule has 2 aromatic heterocycles. The molecule has 0 saturated heterocycles. The summed E-state index contributed by atoms with van der Waals surface area (Å²) in [5, 5.41) is 4.23. The SMILES string of the molecule is CC(C)n1ncnc1CC(N)CCc1cccnc1. The van der Waals surface area contributed by atoms with Gasteiger partial charge in [0.1, 0.15) is 12.2 Å². The lowest BCUT2D eigenvalue weighted by atomic mass is 10.0. The standard InChI is InChI=1S/C14H21N5/c1-11(2)19-14(17-10-18-19)8-13(15)6-5-12-4-3-7-16-9-12/h3-4,7,9-11,13H,5-6,8,15H2,1-2H3. The summed E-state index contributed by atoms with van der Waals surface area (Å²) < 4.78 is 1.93. The van der Waals surface area contributed by atoms with E-state index in [4.69, 9.17) is 5.73 Å². The van der Waals surface area contributed by atoms with E-state index in [1.54, 1.807) is 12.5 Å². The molecule has 0 bridgehead atoms. The molecule has 5 heteroatoms. The van der Waals surface area contributed by atoms with Crippen molar-refractivity contribution in [3.8, 4) is 0 Å². The van der Waals surface area contributed by atoms with E-state index in [0.29, 0.717) is 6.04 Å². The summed E-state index contributed by atoms with van der Waals surface area (Å²) >= 11 is 0. The fraction of sp³-hybridized carbons (Fsp3) is 0.500. The van der Waals surface area contributed by atoms with Gasteiger partial charge in [0.15, 0.2) is 0 Å². The first-order valence-corrected chi connectivity index (χ1v) is 6.69. The van der Waals surface area contributed by atoms with Gasteiger partial charge in [0.05, 0.1) is 0 Å². The topological polar surface area (TPSA) is 69.6 Å². The fourth-order valence-electron chi connectivity index (χ4n) is 2.09. The Morgan fingerprint density at radius 2 is 2.21 bits per heavy atom. The summed E-state index contributed by atoms with van der Waals surface area (Å²) in [5.41, 5.74) is 7.41. The predicted octanol–water partition coefficient (Wildman–Crippen LogP) is 1.76. The lowest BCUT2D eigenvalue weighted by molar-refractivity contribution is 0.484. The van der Waals surface area contributed by atoms with E-state index in [9.17, 15) is 0 Å². The number of nitrogens with two attached hydrogens (primary N) is 1. The Hall–Kier alpha value is -1.75. The second kappa shape index (κ2) is 6.43. The van der Waals surface area contributed by atoms with E-state index in [1.807, 2.05) is 16.9 Å². The monoisotopic (exact) mass is 259 g/mol. The molecule has 2 rings (SSSR count). The van der Waals surface area contributed by atoms with E-state index in [1.165, 1.54) is 5.56 Å². The van der Waals surface area contributed by atoms with E-state index in [2.05, 4.69) is 35.0 Å². The number of aryl methyl sites for hydroxylation is 1. The molecule has 2 heterocycles. The third-order valence-electron chi connectivity index (χ3n) is 3.11. The van der Waals surface area contributed by atoms with Gasteiger partial charge in [-0.15, -0.1) is 0 Å². The molecule has 2 aromatic rings. The van der Waals surface area contributed by atoms with Crippen LogP contribution in [0.15, 0.2) is 30.9 Å². The zero-order valence-electron chi connectivity index (χ0n) is 11.5. The van der Waals surface area contributed by atoms with Crippen molar-refractivity contribution in [3.05, 3.63) is 42.2 Å². The molecule has 2 N–H and O–H groups in total. The average molecular weight is 259 g/mol.